The van der Waals surface area contributed by atoms with E-state index in [-0.39, 0.29) is 5.91 Å². The predicted octanol–water partition coefficient (Wildman–Crippen LogP) is 4.69. The maximum atomic E-state index is 12.2. The summed E-state index contributed by atoms with van der Waals surface area (Å²) >= 11 is 12.4. The Balaban J connectivity index is 2.57. The van der Waals surface area contributed by atoms with Gasteiger partial charge in [0.1, 0.15) is 0 Å². The van der Waals surface area contributed by atoms with E-state index in [1.54, 1.807) is 4.90 Å². The highest BCUT2D eigenvalue weighted by atomic mass is 79.9. The van der Waals surface area contributed by atoms with E-state index < -0.39 is 0 Å². The van der Waals surface area contributed by atoms with Gasteiger partial charge in [0.25, 0.3) is 5.91 Å². The zero-order valence-corrected chi connectivity index (χ0v) is 14.2. The molecule has 0 atom stereocenters. The number of carbonyl (C=O) groups is 1. The van der Waals surface area contributed by atoms with Gasteiger partial charge >= 0.3 is 0 Å². The van der Waals surface area contributed by atoms with Gasteiger partial charge in [-0.1, -0.05) is 22.4 Å². The van der Waals surface area contributed by atoms with Crippen molar-refractivity contribution in [3.05, 3.63) is 32.7 Å². The number of unbranched alkanes of at least 4 members (excludes halogenated alkanes) is 2. The molecule has 0 aliphatic carbocycles. The molecule has 2 nitrogen and oxygen atoms in total. The quantitative estimate of drug-likeness (QED) is 0.504. The summed E-state index contributed by atoms with van der Waals surface area (Å²) in [5.74, 6) is 0.732. The topological polar surface area (TPSA) is 20.3 Å². The molecule has 0 spiro atoms. The lowest BCUT2D eigenvalue weighted by Crippen LogP contribution is -2.28. The Morgan fingerprint density at radius 2 is 2.00 bits per heavy atom. The van der Waals surface area contributed by atoms with Crippen LogP contribution < -0.4 is 0 Å². The minimum atomic E-state index is 0.0419. The number of hydrogen-bond donors (Lipinski definition) is 0. The van der Waals surface area contributed by atoms with Crippen molar-refractivity contribution in [1.29, 1.82) is 0 Å². The van der Waals surface area contributed by atoms with Gasteiger partial charge in [0.15, 0.2) is 0 Å². The molecule has 1 rings (SSSR count). The van der Waals surface area contributed by atoms with Gasteiger partial charge in [0, 0.05) is 28.4 Å². The summed E-state index contributed by atoms with van der Waals surface area (Å²) in [7, 11) is 1.83. The molecular weight excluding hydrogens is 381 g/mol. The van der Waals surface area contributed by atoms with Crippen LogP contribution in [0.5, 0.6) is 0 Å². The van der Waals surface area contributed by atoms with E-state index in [4.69, 9.17) is 11.6 Å². The molecule has 1 aromatic carbocycles. The summed E-state index contributed by atoms with van der Waals surface area (Å²) in [5.41, 5.74) is 0.693. The molecule has 18 heavy (non-hydrogen) atoms. The monoisotopic (exact) mass is 395 g/mol. The smallest absolute Gasteiger partial charge is 0.254 e. The number of halogens is 3. The first-order valence-electron chi connectivity index (χ1n) is 5.82. The molecule has 0 aliphatic heterocycles. The van der Waals surface area contributed by atoms with E-state index in [0.717, 1.165) is 34.8 Å². The number of rotatable bonds is 6. The van der Waals surface area contributed by atoms with Crippen LogP contribution in [0.15, 0.2) is 27.1 Å². The van der Waals surface area contributed by atoms with Crippen LogP contribution >= 0.6 is 43.5 Å². The van der Waals surface area contributed by atoms with E-state index in [9.17, 15) is 4.79 Å². The lowest BCUT2D eigenvalue weighted by molar-refractivity contribution is 0.0792. The molecule has 0 aromatic heterocycles. The van der Waals surface area contributed by atoms with Crippen LogP contribution in [0.4, 0.5) is 0 Å². The number of carbonyl (C=O) groups excluding carboxylic acids is 1. The van der Waals surface area contributed by atoms with Crippen molar-refractivity contribution >= 4 is 49.4 Å². The molecule has 0 N–H and O–H groups in total. The Morgan fingerprint density at radius 3 is 2.61 bits per heavy atom. The van der Waals surface area contributed by atoms with Crippen LogP contribution in [-0.4, -0.2) is 30.3 Å². The fraction of sp³-hybridized carbons (Fsp3) is 0.462. The van der Waals surface area contributed by atoms with Gasteiger partial charge < -0.3 is 4.90 Å². The third-order valence-electron chi connectivity index (χ3n) is 2.64. The molecule has 100 valence electrons. The summed E-state index contributed by atoms with van der Waals surface area (Å²) in [4.78, 5) is 13.9. The van der Waals surface area contributed by atoms with Gasteiger partial charge in [-0.15, -0.1) is 11.6 Å². The van der Waals surface area contributed by atoms with Crippen molar-refractivity contribution < 1.29 is 4.79 Å². The van der Waals surface area contributed by atoms with Crippen LogP contribution in [-0.2, 0) is 0 Å². The Kier molecular flexibility index (Phi) is 7.27. The highest BCUT2D eigenvalue weighted by molar-refractivity contribution is 9.11. The lowest BCUT2D eigenvalue weighted by atomic mass is 10.2. The highest BCUT2D eigenvalue weighted by Crippen LogP contribution is 2.23. The van der Waals surface area contributed by atoms with E-state index in [1.807, 2.05) is 25.2 Å². The molecule has 0 saturated heterocycles. The van der Waals surface area contributed by atoms with Crippen LogP contribution in [0.3, 0.4) is 0 Å². The van der Waals surface area contributed by atoms with Crippen molar-refractivity contribution in [3.8, 4) is 0 Å². The fourth-order valence-corrected chi connectivity index (χ4v) is 3.00. The first-order valence-corrected chi connectivity index (χ1v) is 7.94. The average Bonchev–Trinajstić information content (AvgIpc) is 2.33. The molecule has 5 heteroatoms. The van der Waals surface area contributed by atoms with Crippen molar-refractivity contribution in [2.24, 2.45) is 0 Å². The number of benzene rings is 1. The van der Waals surface area contributed by atoms with E-state index >= 15 is 0 Å². The van der Waals surface area contributed by atoms with Crippen molar-refractivity contribution in [3.63, 3.8) is 0 Å². The normalized spacial score (nSPS) is 10.4. The summed E-state index contributed by atoms with van der Waals surface area (Å²) < 4.78 is 1.77. The Morgan fingerprint density at radius 1 is 1.28 bits per heavy atom. The second-order valence-electron chi connectivity index (χ2n) is 4.10. The van der Waals surface area contributed by atoms with Gasteiger partial charge in [0.05, 0.1) is 5.56 Å². The third kappa shape index (κ3) is 4.90. The summed E-state index contributed by atoms with van der Waals surface area (Å²) in [6.07, 6.45) is 3.05. The molecule has 0 unspecified atom stereocenters. The summed E-state index contributed by atoms with van der Waals surface area (Å²) in [6, 6.07) is 5.58. The van der Waals surface area contributed by atoms with Crippen LogP contribution in [0.1, 0.15) is 29.6 Å². The Labute approximate surface area is 130 Å². The van der Waals surface area contributed by atoms with E-state index in [2.05, 4.69) is 31.9 Å². The largest absolute Gasteiger partial charge is 0.342 e. The minimum Gasteiger partial charge on any atom is -0.342 e. The molecular formula is C13H16Br2ClNO. The highest BCUT2D eigenvalue weighted by Gasteiger charge is 2.14. The zero-order valence-electron chi connectivity index (χ0n) is 10.3. The second-order valence-corrected chi connectivity index (χ2v) is 6.25. The molecule has 1 aromatic rings. The minimum absolute atomic E-state index is 0.0419. The average molecular weight is 398 g/mol. The lowest BCUT2D eigenvalue weighted by Gasteiger charge is -2.18. The molecule has 0 heterocycles. The SMILES string of the molecule is CN(CCCCCCl)C(=O)c1ccc(Br)cc1Br. The number of alkyl halides is 1. The van der Waals surface area contributed by atoms with Crippen LogP contribution in [0, 0.1) is 0 Å². The number of hydrogen-bond acceptors (Lipinski definition) is 1. The molecule has 0 bridgehead atoms. The molecule has 0 radical (unpaired) electrons. The summed E-state index contributed by atoms with van der Waals surface area (Å²) in [6.45, 7) is 0.762. The maximum Gasteiger partial charge on any atom is 0.254 e. The van der Waals surface area contributed by atoms with Gasteiger partial charge in [0.2, 0.25) is 0 Å². The molecule has 0 fully saturated rings. The zero-order chi connectivity index (χ0) is 13.5. The summed E-state index contributed by atoms with van der Waals surface area (Å²) in [5, 5.41) is 0. The van der Waals surface area contributed by atoms with Crippen LogP contribution in [0.25, 0.3) is 0 Å². The Bertz CT molecular complexity index is 412. The molecule has 1 amide bonds. The maximum absolute atomic E-state index is 12.2. The predicted molar refractivity (Wildman–Crippen MR) is 83.4 cm³/mol. The van der Waals surface area contributed by atoms with Crippen LogP contribution in [0.2, 0.25) is 0 Å². The molecule has 0 aliphatic rings. The van der Waals surface area contributed by atoms with Gasteiger partial charge in [-0.05, 0) is 47.0 Å². The first kappa shape index (κ1) is 16.0. The van der Waals surface area contributed by atoms with Crippen molar-refractivity contribution in [1.82, 2.24) is 4.90 Å². The van der Waals surface area contributed by atoms with E-state index in [0.29, 0.717) is 11.4 Å². The third-order valence-corrected chi connectivity index (χ3v) is 4.05. The fourth-order valence-electron chi connectivity index (χ4n) is 1.59. The van der Waals surface area contributed by atoms with E-state index in [1.165, 1.54) is 0 Å². The van der Waals surface area contributed by atoms with Crippen molar-refractivity contribution in [2.75, 3.05) is 19.5 Å². The second kappa shape index (κ2) is 8.18. The Hall–Kier alpha value is -0.0600. The molecule has 0 saturated carbocycles. The first-order chi connectivity index (χ1) is 8.56. The van der Waals surface area contributed by atoms with Gasteiger partial charge in [-0.3, -0.25) is 4.79 Å². The standard InChI is InChI=1S/C13H16Br2ClNO/c1-17(8-4-2-3-7-16)13(18)11-6-5-10(14)9-12(11)15/h5-6,9H,2-4,7-8H2,1H3. The van der Waals surface area contributed by atoms with Gasteiger partial charge in [-0.2, -0.15) is 0 Å². The van der Waals surface area contributed by atoms with Crippen molar-refractivity contribution in [2.45, 2.75) is 19.3 Å². The number of nitrogens with zero attached hydrogens (tertiary/aromatic N) is 1. The number of amides is 1. The van der Waals surface area contributed by atoms with Gasteiger partial charge in [-0.25, -0.2) is 0 Å².